The lowest BCUT2D eigenvalue weighted by atomic mass is 10.1. The van der Waals surface area contributed by atoms with Crippen LogP contribution in [0.1, 0.15) is 32.3 Å². The van der Waals surface area contributed by atoms with E-state index in [0.29, 0.717) is 18.7 Å². The van der Waals surface area contributed by atoms with Crippen LogP contribution in [0.4, 0.5) is 5.69 Å². The summed E-state index contributed by atoms with van der Waals surface area (Å²) in [5.41, 5.74) is 0.955. The average Bonchev–Trinajstić information content (AvgIpc) is 2.99. The second-order valence-electron chi connectivity index (χ2n) is 9.08. The standard InChI is InChI=1S/C30H37N3O6S/c1-5-19-31-30(35)26(6-2)32(21-23-13-9-7-10-14-23)29(34)22-33(40(36,37)25-15-11-8-12-16-25)27-20-24(38-3)17-18-28(27)39-4/h7-18,20,26H,5-6,19,21-22H2,1-4H3,(H,31,35). The first kappa shape index (κ1) is 30.5. The molecule has 0 aromatic heterocycles. The van der Waals surface area contributed by atoms with Gasteiger partial charge in [-0.3, -0.25) is 13.9 Å². The van der Waals surface area contributed by atoms with Gasteiger partial charge < -0.3 is 19.7 Å². The van der Waals surface area contributed by atoms with Crippen molar-refractivity contribution in [2.24, 2.45) is 0 Å². The first-order chi connectivity index (χ1) is 19.3. The predicted octanol–water partition coefficient (Wildman–Crippen LogP) is 4.23. The third kappa shape index (κ3) is 7.32. The van der Waals surface area contributed by atoms with E-state index in [4.69, 9.17) is 9.47 Å². The molecule has 0 fully saturated rings. The molecule has 3 aromatic carbocycles. The highest BCUT2D eigenvalue weighted by molar-refractivity contribution is 7.92. The lowest BCUT2D eigenvalue weighted by Gasteiger charge is -2.33. The number of hydrogen-bond donors (Lipinski definition) is 1. The summed E-state index contributed by atoms with van der Waals surface area (Å²) < 4.78 is 39.9. The van der Waals surface area contributed by atoms with E-state index in [1.807, 2.05) is 44.2 Å². The fourth-order valence-electron chi connectivity index (χ4n) is 4.29. The number of benzene rings is 3. The van der Waals surface area contributed by atoms with Crippen LogP contribution in [0.2, 0.25) is 0 Å². The summed E-state index contributed by atoms with van der Waals surface area (Å²) in [5.74, 6) is -0.185. The third-order valence-electron chi connectivity index (χ3n) is 6.40. The molecule has 0 aliphatic heterocycles. The molecule has 3 rings (SSSR count). The Bertz CT molecular complexity index is 1370. The smallest absolute Gasteiger partial charge is 0.264 e. The number of rotatable bonds is 14. The second kappa shape index (κ2) is 14.4. The van der Waals surface area contributed by atoms with Gasteiger partial charge >= 0.3 is 0 Å². The number of ether oxygens (including phenoxy) is 2. The highest BCUT2D eigenvalue weighted by Gasteiger charge is 2.34. The molecular weight excluding hydrogens is 530 g/mol. The summed E-state index contributed by atoms with van der Waals surface area (Å²) in [4.78, 5) is 28.7. The van der Waals surface area contributed by atoms with Crippen LogP contribution in [0.15, 0.2) is 83.8 Å². The van der Waals surface area contributed by atoms with Crippen LogP contribution in [0.25, 0.3) is 0 Å². The van der Waals surface area contributed by atoms with Crippen molar-refractivity contribution in [2.45, 2.75) is 44.2 Å². The van der Waals surface area contributed by atoms with Gasteiger partial charge in [-0.15, -0.1) is 0 Å². The SMILES string of the molecule is CCCNC(=O)C(CC)N(Cc1ccccc1)C(=O)CN(c1cc(OC)ccc1OC)S(=O)(=O)c1ccccc1. The molecule has 2 amide bonds. The van der Waals surface area contributed by atoms with Crippen molar-refractivity contribution >= 4 is 27.5 Å². The summed E-state index contributed by atoms with van der Waals surface area (Å²) >= 11 is 0. The first-order valence-electron chi connectivity index (χ1n) is 13.2. The molecule has 1 N–H and O–H groups in total. The fourth-order valence-corrected chi connectivity index (χ4v) is 5.73. The van der Waals surface area contributed by atoms with Crippen molar-refractivity contribution in [3.05, 3.63) is 84.4 Å². The quantitative estimate of drug-likeness (QED) is 0.313. The number of hydrogen-bond acceptors (Lipinski definition) is 6. The van der Waals surface area contributed by atoms with Crippen LogP contribution in [-0.4, -0.2) is 58.5 Å². The maximum atomic E-state index is 14.1. The van der Waals surface area contributed by atoms with Gasteiger partial charge in [-0.1, -0.05) is 62.4 Å². The Labute approximate surface area is 236 Å². The van der Waals surface area contributed by atoms with Crippen LogP contribution in [0.3, 0.4) is 0 Å². The molecule has 0 aliphatic carbocycles. The number of amides is 2. The van der Waals surface area contributed by atoms with E-state index >= 15 is 0 Å². The van der Waals surface area contributed by atoms with Crippen molar-refractivity contribution < 1.29 is 27.5 Å². The van der Waals surface area contributed by atoms with Crippen molar-refractivity contribution in [2.75, 3.05) is 31.6 Å². The van der Waals surface area contributed by atoms with Crippen molar-refractivity contribution in [3.8, 4) is 11.5 Å². The number of methoxy groups -OCH3 is 2. The van der Waals surface area contributed by atoms with Gasteiger partial charge in [-0.25, -0.2) is 8.42 Å². The van der Waals surface area contributed by atoms with Crippen molar-refractivity contribution in [1.82, 2.24) is 10.2 Å². The van der Waals surface area contributed by atoms with Gasteiger partial charge in [-0.05, 0) is 42.7 Å². The topological polar surface area (TPSA) is 105 Å². The van der Waals surface area contributed by atoms with E-state index in [9.17, 15) is 18.0 Å². The van der Waals surface area contributed by atoms with E-state index in [0.717, 1.165) is 16.3 Å². The molecule has 0 saturated heterocycles. The molecule has 10 heteroatoms. The molecule has 0 spiro atoms. The van der Waals surface area contributed by atoms with E-state index in [1.54, 1.807) is 30.3 Å². The molecule has 1 atom stereocenters. The maximum absolute atomic E-state index is 14.1. The molecular formula is C30H37N3O6S. The molecule has 0 saturated carbocycles. The van der Waals surface area contributed by atoms with Crippen LogP contribution in [0, 0.1) is 0 Å². The highest BCUT2D eigenvalue weighted by atomic mass is 32.2. The minimum Gasteiger partial charge on any atom is -0.497 e. The summed E-state index contributed by atoms with van der Waals surface area (Å²) in [6.45, 7) is 3.81. The fraction of sp³-hybridized carbons (Fsp3) is 0.333. The summed E-state index contributed by atoms with van der Waals surface area (Å²) in [7, 11) is -1.34. The van der Waals surface area contributed by atoms with Gasteiger partial charge in [0, 0.05) is 19.2 Å². The minimum absolute atomic E-state index is 0.00927. The number of carbonyl (C=O) groups excluding carboxylic acids is 2. The molecule has 9 nitrogen and oxygen atoms in total. The molecule has 3 aromatic rings. The number of nitrogens with zero attached hydrogens (tertiary/aromatic N) is 2. The summed E-state index contributed by atoms with van der Waals surface area (Å²) in [6.07, 6.45) is 1.09. The zero-order valence-corrected chi connectivity index (χ0v) is 24.2. The lowest BCUT2D eigenvalue weighted by Crippen LogP contribution is -2.52. The molecule has 0 bridgehead atoms. The minimum atomic E-state index is -4.23. The molecule has 0 radical (unpaired) electrons. The Balaban J connectivity index is 2.11. The van der Waals surface area contributed by atoms with E-state index in [2.05, 4.69) is 5.32 Å². The molecule has 214 valence electrons. The molecule has 0 aliphatic rings. The summed E-state index contributed by atoms with van der Waals surface area (Å²) in [6, 6.07) is 21.1. The molecule has 0 heterocycles. The van der Waals surface area contributed by atoms with E-state index in [-0.39, 0.29) is 28.8 Å². The number of nitrogens with one attached hydrogen (secondary N) is 1. The van der Waals surface area contributed by atoms with Crippen LogP contribution in [0.5, 0.6) is 11.5 Å². The monoisotopic (exact) mass is 567 g/mol. The largest absolute Gasteiger partial charge is 0.497 e. The maximum Gasteiger partial charge on any atom is 0.264 e. The van der Waals surface area contributed by atoms with E-state index < -0.39 is 28.5 Å². The predicted molar refractivity (Wildman–Crippen MR) is 155 cm³/mol. The third-order valence-corrected chi connectivity index (χ3v) is 8.17. The highest BCUT2D eigenvalue weighted by Crippen LogP contribution is 2.36. The van der Waals surface area contributed by atoms with Crippen LogP contribution >= 0.6 is 0 Å². The van der Waals surface area contributed by atoms with Crippen molar-refractivity contribution in [1.29, 1.82) is 0 Å². The number of carbonyl (C=O) groups is 2. The Kier molecular flexibility index (Phi) is 11.0. The Morgan fingerprint density at radius 3 is 2.12 bits per heavy atom. The number of sulfonamides is 1. The normalized spacial score (nSPS) is 11.8. The Hall–Kier alpha value is -4.05. The van der Waals surface area contributed by atoms with Crippen LogP contribution in [-0.2, 0) is 26.2 Å². The second-order valence-corrected chi connectivity index (χ2v) is 10.9. The molecule has 40 heavy (non-hydrogen) atoms. The van der Waals surface area contributed by atoms with Gasteiger partial charge in [-0.2, -0.15) is 0 Å². The van der Waals surface area contributed by atoms with Gasteiger partial charge in [0.1, 0.15) is 24.1 Å². The van der Waals surface area contributed by atoms with Gasteiger partial charge in [0.15, 0.2) is 0 Å². The Morgan fingerprint density at radius 1 is 0.900 bits per heavy atom. The Morgan fingerprint density at radius 2 is 1.55 bits per heavy atom. The number of anilines is 1. The molecule has 1 unspecified atom stereocenters. The van der Waals surface area contributed by atoms with Crippen molar-refractivity contribution in [3.63, 3.8) is 0 Å². The lowest BCUT2D eigenvalue weighted by molar-refractivity contribution is -0.140. The van der Waals surface area contributed by atoms with Gasteiger partial charge in [0.25, 0.3) is 10.0 Å². The summed E-state index contributed by atoms with van der Waals surface area (Å²) in [5, 5.41) is 2.88. The van der Waals surface area contributed by atoms with Crippen LogP contribution < -0.4 is 19.1 Å². The average molecular weight is 568 g/mol. The van der Waals surface area contributed by atoms with Gasteiger partial charge in [0.2, 0.25) is 11.8 Å². The van der Waals surface area contributed by atoms with E-state index in [1.165, 1.54) is 37.3 Å². The first-order valence-corrected chi connectivity index (χ1v) is 14.6. The van der Waals surface area contributed by atoms with Gasteiger partial charge in [0.05, 0.1) is 24.8 Å². The zero-order chi connectivity index (χ0) is 29.1. The zero-order valence-electron chi connectivity index (χ0n) is 23.4.